The smallest absolute Gasteiger partial charge is 0.166 e. The minimum absolute atomic E-state index is 0. The average Bonchev–Trinajstić information content (AvgIpc) is 3.60. The molecule has 8 aromatic rings. The molecule has 0 unspecified atom stereocenters. The first-order chi connectivity index (χ1) is 28.5. The number of benzene rings is 6. The van der Waals surface area contributed by atoms with Gasteiger partial charge in [0.05, 0.1) is 0 Å². The zero-order valence-electron chi connectivity index (χ0n) is 36.7. The zero-order chi connectivity index (χ0) is 41.9. The number of hydrogen-bond donors (Lipinski definition) is 0. The number of aromatic nitrogens is 4. The van der Waals surface area contributed by atoms with Gasteiger partial charge in [-0.25, -0.2) is 15.0 Å². The molecule has 0 bridgehead atoms. The van der Waals surface area contributed by atoms with Gasteiger partial charge in [-0.15, -0.1) is 29.3 Å². The molecule has 0 aliphatic heterocycles. The van der Waals surface area contributed by atoms with Crippen LogP contribution in [0.3, 0.4) is 0 Å². The van der Waals surface area contributed by atoms with Gasteiger partial charge in [0.2, 0.25) is 0 Å². The molecule has 0 atom stereocenters. The summed E-state index contributed by atoms with van der Waals surface area (Å²) < 4.78 is 0. The monoisotopic (exact) mass is 972 g/mol. The summed E-state index contributed by atoms with van der Waals surface area (Å²) in [6, 6.07) is 47.8. The third kappa shape index (κ3) is 6.60. The van der Waals surface area contributed by atoms with E-state index in [-0.39, 0.29) is 41.8 Å². The molecule has 0 spiro atoms. The molecule has 2 aromatic heterocycles. The fourth-order valence-electron chi connectivity index (χ4n) is 9.58. The standard InChI is InChI=1S/C56H51N4.Ir/c1-53(2,3)36-24-19-33(20-25-36)50-58-51(34-21-26-37(27-22-34)54(4,5)6)60-52(59-50)44-32-57-49(41-17-12-11-15-38(41)44)35-23-28-40-43-31-47-42(30-48(43)56(9,10)46(40)29-35)39-16-13-14-18-45(39)55(47,7)8;/h11-22,24-32H,1-10H3;/q-1;. The minimum atomic E-state index is -0.200. The molecule has 61 heavy (non-hydrogen) atoms. The molecule has 0 amide bonds. The SMILES string of the molecule is CC(C)(C)c1ccc(-c2nc(-c3ccc(C(C)(C)C)cc3)nc(-c3cnc(-c4[c-]cc5c(c4)C(C)(C)c4cc6c(cc4-5)C(C)(C)c4ccccc4-6)c4ccccc34)n2)cc1.[Ir]. The van der Waals surface area contributed by atoms with Crippen LogP contribution in [0.15, 0.2) is 128 Å². The number of rotatable bonds is 4. The van der Waals surface area contributed by atoms with Crippen LogP contribution < -0.4 is 0 Å². The Morgan fingerprint density at radius 2 is 0.934 bits per heavy atom. The molecule has 5 heteroatoms. The summed E-state index contributed by atoms with van der Waals surface area (Å²) >= 11 is 0. The number of nitrogens with zero attached hydrogens (tertiary/aromatic N) is 4. The largest absolute Gasteiger partial charge is 0.303 e. The van der Waals surface area contributed by atoms with E-state index < -0.39 is 0 Å². The first-order valence-corrected chi connectivity index (χ1v) is 21.2. The predicted molar refractivity (Wildman–Crippen MR) is 248 cm³/mol. The molecule has 10 rings (SSSR count). The molecular weight excluding hydrogens is 921 g/mol. The molecule has 0 saturated heterocycles. The van der Waals surface area contributed by atoms with Gasteiger partial charge in [0.1, 0.15) is 0 Å². The second-order valence-corrected chi connectivity index (χ2v) is 19.9. The van der Waals surface area contributed by atoms with E-state index in [1.807, 2.05) is 6.20 Å². The number of hydrogen-bond acceptors (Lipinski definition) is 4. The Labute approximate surface area is 374 Å². The van der Waals surface area contributed by atoms with Gasteiger partial charge in [0.25, 0.3) is 0 Å². The first-order valence-electron chi connectivity index (χ1n) is 21.2. The Bertz CT molecular complexity index is 2960. The van der Waals surface area contributed by atoms with Gasteiger partial charge in [0, 0.05) is 48.4 Å². The second kappa shape index (κ2) is 14.2. The fourth-order valence-corrected chi connectivity index (χ4v) is 9.58. The minimum Gasteiger partial charge on any atom is -0.303 e. The summed E-state index contributed by atoms with van der Waals surface area (Å²) in [5.74, 6) is 1.86. The maximum Gasteiger partial charge on any atom is 0.166 e. The van der Waals surface area contributed by atoms with Crippen molar-refractivity contribution in [1.82, 2.24) is 19.9 Å². The summed E-state index contributed by atoms with van der Waals surface area (Å²) in [7, 11) is 0. The fraction of sp³-hybridized carbons (Fsp3) is 0.250. The van der Waals surface area contributed by atoms with Crippen LogP contribution in [0.2, 0.25) is 0 Å². The maximum atomic E-state index is 5.22. The first kappa shape index (κ1) is 40.8. The molecule has 0 N–H and O–H groups in total. The van der Waals surface area contributed by atoms with Crippen molar-refractivity contribution in [2.45, 2.75) is 90.9 Å². The Kier molecular flexibility index (Phi) is 9.51. The van der Waals surface area contributed by atoms with Crippen LogP contribution in [0.25, 0.3) is 78.4 Å². The average molecular weight is 972 g/mol. The molecule has 2 aliphatic carbocycles. The van der Waals surface area contributed by atoms with Crippen LogP contribution in [-0.4, -0.2) is 19.9 Å². The third-order valence-electron chi connectivity index (χ3n) is 13.3. The van der Waals surface area contributed by atoms with Crippen molar-refractivity contribution < 1.29 is 20.1 Å². The van der Waals surface area contributed by atoms with Crippen LogP contribution in [0.1, 0.15) is 103 Å². The van der Waals surface area contributed by atoms with Gasteiger partial charge < -0.3 is 4.98 Å². The van der Waals surface area contributed by atoms with E-state index in [1.54, 1.807) is 0 Å². The Morgan fingerprint density at radius 3 is 1.51 bits per heavy atom. The molecular formula is C56H51IrN4-. The van der Waals surface area contributed by atoms with Gasteiger partial charge in [-0.1, -0.05) is 190 Å². The van der Waals surface area contributed by atoms with Crippen molar-refractivity contribution >= 4 is 10.8 Å². The zero-order valence-corrected chi connectivity index (χ0v) is 39.1. The van der Waals surface area contributed by atoms with Crippen molar-refractivity contribution in [2.24, 2.45) is 0 Å². The van der Waals surface area contributed by atoms with E-state index in [1.165, 1.54) is 55.6 Å². The topological polar surface area (TPSA) is 51.6 Å². The molecule has 0 saturated carbocycles. The van der Waals surface area contributed by atoms with E-state index in [4.69, 9.17) is 19.9 Å². The van der Waals surface area contributed by atoms with Crippen LogP contribution in [0.5, 0.6) is 0 Å². The van der Waals surface area contributed by atoms with Gasteiger partial charge >= 0.3 is 0 Å². The van der Waals surface area contributed by atoms with Crippen LogP contribution in [-0.2, 0) is 41.8 Å². The summed E-state index contributed by atoms with van der Waals surface area (Å²) in [6.07, 6.45) is 1.94. The van der Waals surface area contributed by atoms with Crippen molar-refractivity contribution in [3.05, 3.63) is 167 Å². The van der Waals surface area contributed by atoms with Crippen molar-refractivity contribution in [1.29, 1.82) is 0 Å². The molecule has 6 aromatic carbocycles. The van der Waals surface area contributed by atoms with Crippen LogP contribution in [0.4, 0.5) is 0 Å². The van der Waals surface area contributed by atoms with Gasteiger partial charge in [-0.2, -0.15) is 0 Å². The van der Waals surface area contributed by atoms with Crippen molar-refractivity contribution in [2.75, 3.05) is 0 Å². The maximum absolute atomic E-state index is 5.22. The van der Waals surface area contributed by atoms with Crippen molar-refractivity contribution in [3.63, 3.8) is 0 Å². The number of pyridine rings is 1. The summed E-state index contributed by atoms with van der Waals surface area (Å²) in [5.41, 5.74) is 17.7. The van der Waals surface area contributed by atoms with Crippen molar-refractivity contribution in [3.8, 4) is 67.7 Å². The number of fused-ring (bicyclic) bond motifs is 7. The predicted octanol–water partition coefficient (Wildman–Crippen LogP) is 14.1. The van der Waals surface area contributed by atoms with Gasteiger partial charge in [0.15, 0.2) is 17.5 Å². The molecule has 0 fully saturated rings. The van der Waals surface area contributed by atoms with E-state index in [0.717, 1.165) is 38.7 Å². The quantitative estimate of drug-likeness (QED) is 0.165. The molecule has 4 nitrogen and oxygen atoms in total. The normalized spacial score (nSPS) is 14.5. The van der Waals surface area contributed by atoms with E-state index in [9.17, 15) is 0 Å². The summed E-state index contributed by atoms with van der Waals surface area (Å²) in [6.45, 7) is 22.8. The Morgan fingerprint density at radius 1 is 0.459 bits per heavy atom. The van der Waals surface area contributed by atoms with E-state index in [0.29, 0.717) is 17.5 Å². The molecule has 305 valence electrons. The third-order valence-corrected chi connectivity index (χ3v) is 13.3. The molecule has 2 heterocycles. The summed E-state index contributed by atoms with van der Waals surface area (Å²) in [4.78, 5) is 20.6. The second-order valence-electron chi connectivity index (χ2n) is 19.9. The van der Waals surface area contributed by atoms with Gasteiger partial charge in [-0.3, -0.25) is 0 Å². The molecule has 1 radical (unpaired) electrons. The Balaban J connectivity index is 0.00000476. The van der Waals surface area contributed by atoms with Crippen LogP contribution >= 0.6 is 0 Å². The summed E-state index contributed by atoms with van der Waals surface area (Å²) in [5, 5.41) is 2.06. The molecule has 2 aliphatic rings. The van der Waals surface area contributed by atoms with Crippen LogP contribution in [0, 0.1) is 6.07 Å². The van der Waals surface area contributed by atoms with Gasteiger partial charge in [-0.05, 0) is 71.7 Å². The van der Waals surface area contributed by atoms with E-state index >= 15 is 0 Å². The van der Waals surface area contributed by atoms with E-state index in [2.05, 4.69) is 197 Å². The Hall–Kier alpha value is -5.61.